The monoisotopic (exact) mass is 286 g/mol. The zero-order chi connectivity index (χ0) is 14.9. The van der Waals surface area contributed by atoms with Crippen molar-refractivity contribution in [2.75, 3.05) is 6.61 Å². The Morgan fingerprint density at radius 3 is 2.21 bits per heavy atom. The molecule has 0 rings (SSSR count). The third-order valence-corrected chi connectivity index (χ3v) is 8.43. The second-order valence-corrected chi connectivity index (χ2v) is 9.33. The first kappa shape index (κ1) is 18.4. The highest BCUT2D eigenvalue weighted by molar-refractivity contribution is 6.75. The SMILES string of the molecule is C=C(C)C(=O)OC(CCC)[Si](CC)(CCC)OCC. The summed E-state index contributed by atoms with van der Waals surface area (Å²) < 4.78 is 11.9. The maximum Gasteiger partial charge on any atom is 0.333 e. The lowest BCUT2D eigenvalue weighted by atomic mass is 10.3. The molecule has 0 fully saturated rings. The van der Waals surface area contributed by atoms with E-state index in [4.69, 9.17) is 9.16 Å². The number of carbonyl (C=O) groups excluding carboxylic acids is 1. The lowest BCUT2D eigenvalue weighted by molar-refractivity contribution is -0.142. The molecule has 2 unspecified atom stereocenters. The second kappa shape index (κ2) is 9.32. The Hall–Kier alpha value is -0.613. The molecule has 0 saturated carbocycles. The number of hydrogen-bond acceptors (Lipinski definition) is 3. The Bertz CT molecular complexity index is 283. The van der Waals surface area contributed by atoms with Gasteiger partial charge in [0.25, 0.3) is 0 Å². The van der Waals surface area contributed by atoms with Gasteiger partial charge in [-0.05, 0) is 32.4 Å². The van der Waals surface area contributed by atoms with Crippen LogP contribution in [-0.4, -0.2) is 26.6 Å². The lowest BCUT2D eigenvalue weighted by Gasteiger charge is -2.37. The Balaban J connectivity index is 5.12. The van der Waals surface area contributed by atoms with Gasteiger partial charge < -0.3 is 9.16 Å². The number of carbonyl (C=O) groups is 1. The molecule has 0 aromatic carbocycles. The van der Waals surface area contributed by atoms with Crippen LogP contribution in [0.4, 0.5) is 0 Å². The van der Waals surface area contributed by atoms with Gasteiger partial charge in [0.15, 0.2) is 0 Å². The minimum atomic E-state index is -2.01. The smallest absolute Gasteiger partial charge is 0.333 e. The Morgan fingerprint density at radius 2 is 1.84 bits per heavy atom. The molecule has 0 aliphatic heterocycles. The molecule has 112 valence electrons. The third kappa shape index (κ3) is 5.49. The molecule has 0 aromatic rings. The first-order valence-electron chi connectivity index (χ1n) is 7.47. The maximum atomic E-state index is 11.8. The highest BCUT2D eigenvalue weighted by Gasteiger charge is 2.43. The summed E-state index contributed by atoms with van der Waals surface area (Å²) in [5.74, 6) is -0.278. The standard InChI is InChI=1S/C15H30O3Si/c1-7-11-14(18-15(16)13(5)6)19(10-4,12-8-2)17-9-3/h14H,5,7-12H2,1-4,6H3. The fraction of sp³-hybridized carbons (Fsp3) is 0.800. The maximum absolute atomic E-state index is 11.8. The van der Waals surface area contributed by atoms with Crippen LogP contribution >= 0.6 is 0 Å². The van der Waals surface area contributed by atoms with Crippen LogP contribution in [0.5, 0.6) is 0 Å². The summed E-state index contributed by atoms with van der Waals surface area (Å²) in [5.41, 5.74) is 0.416. The van der Waals surface area contributed by atoms with Crippen molar-refractivity contribution in [3.63, 3.8) is 0 Å². The molecular formula is C15H30O3Si. The first-order valence-corrected chi connectivity index (χ1v) is 9.87. The number of hydrogen-bond donors (Lipinski definition) is 0. The van der Waals surface area contributed by atoms with Gasteiger partial charge in [-0.2, -0.15) is 0 Å². The van der Waals surface area contributed by atoms with Crippen LogP contribution in [0, 0.1) is 0 Å². The van der Waals surface area contributed by atoms with E-state index in [1.165, 1.54) is 0 Å². The van der Waals surface area contributed by atoms with Crippen LogP contribution in [0.2, 0.25) is 12.1 Å². The predicted octanol–water partition coefficient (Wildman–Crippen LogP) is 4.23. The molecule has 2 atom stereocenters. The molecule has 0 amide bonds. The molecule has 0 aliphatic rings. The van der Waals surface area contributed by atoms with Crippen molar-refractivity contribution in [2.24, 2.45) is 0 Å². The fourth-order valence-corrected chi connectivity index (χ4v) is 6.69. The van der Waals surface area contributed by atoms with Crippen molar-refractivity contribution in [3.05, 3.63) is 12.2 Å². The van der Waals surface area contributed by atoms with Crippen LogP contribution in [0.1, 0.15) is 53.9 Å². The molecule has 0 bridgehead atoms. The summed E-state index contributed by atoms with van der Waals surface area (Å²) >= 11 is 0. The Kier molecular flexibility index (Phi) is 9.02. The van der Waals surface area contributed by atoms with Gasteiger partial charge in [0.05, 0.1) is 0 Å². The molecule has 3 nitrogen and oxygen atoms in total. The molecule has 0 N–H and O–H groups in total. The van der Waals surface area contributed by atoms with Gasteiger partial charge in [0.2, 0.25) is 8.32 Å². The summed E-state index contributed by atoms with van der Waals surface area (Å²) in [5, 5.41) is 0. The Morgan fingerprint density at radius 1 is 1.21 bits per heavy atom. The molecule has 0 radical (unpaired) electrons. The van der Waals surface area contributed by atoms with Gasteiger partial charge in [-0.3, -0.25) is 0 Å². The van der Waals surface area contributed by atoms with E-state index in [0.29, 0.717) is 12.2 Å². The molecule has 0 saturated heterocycles. The minimum Gasteiger partial charge on any atom is -0.460 e. The van der Waals surface area contributed by atoms with E-state index < -0.39 is 8.32 Å². The second-order valence-electron chi connectivity index (χ2n) is 5.06. The zero-order valence-corrected chi connectivity index (χ0v) is 14.3. The molecule has 0 aliphatic carbocycles. The molecule has 0 spiro atoms. The van der Waals surface area contributed by atoms with E-state index in [0.717, 1.165) is 31.4 Å². The van der Waals surface area contributed by atoms with Crippen LogP contribution in [0.15, 0.2) is 12.2 Å². The van der Waals surface area contributed by atoms with E-state index >= 15 is 0 Å². The van der Waals surface area contributed by atoms with E-state index in [9.17, 15) is 4.79 Å². The normalized spacial score (nSPS) is 15.6. The minimum absolute atomic E-state index is 0.0494. The van der Waals surface area contributed by atoms with E-state index in [2.05, 4.69) is 27.4 Å². The van der Waals surface area contributed by atoms with Gasteiger partial charge >= 0.3 is 5.97 Å². The molecular weight excluding hydrogens is 256 g/mol. The van der Waals surface area contributed by atoms with Gasteiger partial charge in [-0.15, -0.1) is 0 Å². The van der Waals surface area contributed by atoms with Gasteiger partial charge in [-0.25, -0.2) is 4.79 Å². The first-order chi connectivity index (χ1) is 8.97. The van der Waals surface area contributed by atoms with Crippen LogP contribution in [-0.2, 0) is 14.0 Å². The van der Waals surface area contributed by atoms with Gasteiger partial charge in [0, 0.05) is 12.2 Å². The van der Waals surface area contributed by atoms with Gasteiger partial charge in [-0.1, -0.05) is 40.2 Å². The summed E-state index contributed by atoms with van der Waals surface area (Å²) in [6, 6.07) is 2.04. The molecule has 0 heterocycles. The van der Waals surface area contributed by atoms with Crippen molar-refractivity contribution in [1.29, 1.82) is 0 Å². The highest BCUT2D eigenvalue weighted by Crippen LogP contribution is 2.28. The van der Waals surface area contributed by atoms with Crippen LogP contribution in [0.25, 0.3) is 0 Å². The van der Waals surface area contributed by atoms with Crippen LogP contribution < -0.4 is 0 Å². The highest BCUT2D eigenvalue weighted by atomic mass is 28.4. The van der Waals surface area contributed by atoms with Crippen LogP contribution in [0.3, 0.4) is 0 Å². The van der Waals surface area contributed by atoms with Gasteiger partial charge in [0.1, 0.15) is 5.73 Å². The van der Waals surface area contributed by atoms with Crippen molar-refractivity contribution in [1.82, 2.24) is 0 Å². The predicted molar refractivity (Wildman–Crippen MR) is 82.6 cm³/mol. The van der Waals surface area contributed by atoms with Crippen molar-refractivity contribution >= 4 is 14.3 Å². The molecule has 4 heteroatoms. The van der Waals surface area contributed by atoms with E-state index in [-0.39, 0.29) is 11.7 Å². The molecule has 0 aromatic heterocycles. The summed E-state index contributed by atoms with van der Waals surface area (Å²) in [6.45, 7) is 14.5. The average Bonchev–Trinajstić information content (AvgIpc) is 2.37. The van der Waals surface area contributed by atoms with E-state index in [1.54, 1.807) is 6.92 Å². The quantitative estimate of drug-likeness (QED) is 0.342. The molecule has 19 heavy (non-hydrogen) atoms. The van der Waals surface area contributed by atoms with Crippen molar-refractivity contribution < 1.29 is 14.0 Å². The summed E-state index contributed by atoms with van der Waals surface area (Å²) in [4.78, 5) is 11.8. The largest absolute Gasteiger partial charge is 0.460 e. The van der Waals surface area contributed by atoms with Crippen molar-refractivity contribution in [3.8, 4) is 0 Å². The summed E-state index contributed by atoms with van der Waals surface area (Å²) in [7, 11) is -2.01. The van der Waals surface area contributed by atoms with Crippen molar-refractivity contribution in [2.45, 2.75) is 71.7 Å². The Labute approximate surface area is 119 Å². The number of esters is 1. The van der Waals surface area contributed by atoms with E-state index in [1.807, 2.05) is 6.92 Å². The number of rotatable bonds is 10. The number of ether oxygens (including phenoxy) is 1. The fourth-order valence-electron chi connectivity index (χ4n) is 2.46. The lowest BCUT2D eigenvalue weighted by Crippen LogP contribution is -2.52. The topological polar surface area (TPSA) is 35.5 Å². The summed E-state index contributed by atoms with van der Waals surface area (Å²) in [6.07, 6.45) is 2.96. The third-order valence-electron chi connectivity index (χ3n) is 3.44. The zero-order valence-electron chi connectivity index (χ0n) is 13.3. The average molecular weight is 286 g/mol.